The second-order valence-electron chi connectivity index (χ2n) is 5.04. The molecule has 0 fully saturated rings. The summed E-state index contributed by atoms with van der Waals surface area (Å²) < 4.78 is 18.6. The van der Waals surface area contributed by atoms with Gasteiger partial charge < -0.3 is 15.8 Å². The molecule has 0 aliphatic rings. The summed E-state index contributed by atoms with van der Waals surface area (Å²) >= 11 is 0. The van der Waals surface area contributed by atoms with Gasteiger partial charge in [0.1, 0.15) is 5.82 Å². The fraction of sp³-hybridized carbons (Fsp3) is 0.467. The highest BCUT2D eigenvalue weighted by Gasteiger charge is 2.21. The quantitative estimate of drug-likeness (QED) is 0.644. The van der Waals surface area contributed by atoms with Crippen molar-refractivity contribution in [2.75, 3.05) is 5.73 Å². The summed E-state index contributed by atoms with van der Waals surface area (Å²) in [6, 6.07) is 2.37. The van der Waals surface area contributed by atoms with Gasteiger partial charge in [0.25, 0.3) is 5.91 Å². The number of halogens is 1. The highest BCUT2D eigenvalue weighted by molar-refractivity contribution is 5.93. The van der Waals surface area contributed by atoms with E-state index in [9.17, 15) is 14.0 Å². The van der Waals surface area contributed by atoms with Crippen LogP contribution in [0.4, 0.5) is 10.1 Å². The van der Waals surface area contributed by atoms with Gasteiger partial charge in [0.15, 0.2) is 6.10 Å². The third kappa shape index (κ3) is 4.44. The first kappa shape index (κ1) is 16.9. The van der Waals surface area contributed by atoms with Crippen molar-refractivity contribution >= 4 is 17.6 Å². The van der Waals surface area contributed by atoms with Crippen molar-refractivity contribution in [2.45, 2.75) is 46.3 Å². The highest BCUT2D eigenvalue weighted by Crippen LogP contribution is 2.18. The topological polar surface area (TPSA) is 81.4 Å². The molecule has 0 heterocycles. The number of ether oxygens (including phenoxy) is 1. The standard InChI is InChI=1S/C15H21FN2O3/c1-5-8(2)18-14(19)10(4)21-15(20)11-6-12(16)9(3)13(17)7-11/h6-8,10H,5,17H2,1-4H3,(H,18,19). The van der Waals surface area contributed by atoms with Crippen molar-refractivity contribution in [1.29, 1.82) is 0 Å². The highest BCUT2D eigenvalue weighted by atomic mass is 19.1. The number of hydrogen-bond donors (Lipinski definition) is 2. The maximum atomic E-state index is 13.5. The van der Waals surface area contributed by atoms with E-state index >= 15 is 0 Å². The van der Waals surface area contributed by atoms with Crippen LogP contribution in [0.25, 0.3) is 0 Å². The Morgan fingerprint density at radius 1 is 1.38 bits per heavy atom. The maximum absolute atomic E-state index is 13.5. The average Bonchev–Trinajstić information content (AvgIpc) is 2.43. The largest absolute Gasteiger partial charge is 0.449 e. The Balaban J connectivity index is 2.75. The summed E-state index contributed by atoms with van der Waals surface area (Å²) in [7, 11) is 0. The lowest BCUT2D eigenvalue weighted by molar-refractivity contribution is -0.129. The normalized spacial score (nSPS) is 13.4. The second-order valence-corrected chi connectivity index (χ2v) is 5.04. The summed E-state index contributed by atoms with van der Waals surface area (Å²) in [4.78, 5) is 23.7. The molecule has 1 aromatic carbocycles. The molecule has 0 radical (unpaired) electrons. The van der Waals surface area contributed by atoms with Gasteiger partial charge in [-0.1, -0.05) is 6.92 Å². The lowest BCUT2D eigenvalue weighted by Crippen LogP contribution is -2.40. The number of hydrogen-bond acceptors (Lipinski definition) is 4. The molecule has 1 amide bonds. The number of rotatable bonds is 5. The van der Waals surface area contributed by atoms with Gasteiger partial charge in [0, 0.05) is 17.3 Å². The zero-order chi connectivity index (χ0) is 16.2. The molecule has 1 aromatic rings. The van der Waals surface area contributed by atoms with Gasteiger partial charge in [-0.15, -0.1) is 0 Å². The monoisotopic (exact) mass is 296 g/mol. The van der Waals surface area contributed by atoms with Gasteiger partial charge in [-0.05, 0) is 39.3 Å². The Labute approximate surface area is 123 Å². The van der Waals surface area contributed by atoms with E-state index in [1.807, 2.05) is 13.8 Å². The number of carbonyl (C=O) groups is 2. The zero-order valence-corrected chi connectivity index (χ0v) is 12.7. The van der Waals surface area contributed by atoms with Gasteiger partial charge in [-0.25, -0.2) is 9.18 Å². The van der Waals surface area contributed by atoms with Crippen LogP contribution in [0.15, 0.2) is 12.1 Å². The van der Waals surface area contributed by atoms with Crippen LogP contribution in [-0.2, 0) is 9.53 Å². The zero-order valence-electron chi connectivity index (χ0n) is 12.7. The van der Waals surface area contributed by atoms with Crippen molar-refractivity contribution in [3.8, 4) is 0 Å². The fourth-order valence-corrected chi connectivity index (χ4v) is 1.56. The molecule has 0 saturated carbocycles. The number of benzene rings is 1. The second kappa shape index (κ2) is 7.06. The number of nitrogens with two attached hydrogens (primary N) is 1. The van der Waals surface area contributed by atoms with Crippen LogP contribution in [0.1, 0.15) is 43.1 Å². The summed E-state index contributed by atoms with van der Waals surface area (Å²) in [6.07, 6.45) is -0.191. The van der Waals surface area contributed by atoms with Crippen molar-refractivity contribution < 1.29 is 18.7 Å². The van der Waals surface area contributed by atoms with Crippen molar-refractivity contribution in [3.63, 3.8) is 0 Å². The maximum Gasteiger partial charge on any atom is 0.339 e. The smallest absolute Gasteiger partial charge is 0.339 e. The molecule has 1 rings (SSSR count). The summed E-state index contributed by atoms with van der Waals surface area (Å²) in [5.74, 6) is -1.76. The molecule has 0 spiro atoms. The van der Waals surface area contributed by atoms with Crippen molar-refractivity contribution in [2.24, 2.45) is 0 Å². The van der Waals surface area contributed by atoms with E-state index in [-0.39, 0.29) is 22.9 Å². The third-order valence-electron chi connectivity index (χ3n) is 3.27. The molecule has 6 heteroatoms. The van der Waals surface area contributed by atoms with E-state index in [0.717, 1.165) is 12.5 Å². The fourth-order valence-electron chi connectivity index (χ4n) is 1.56. The molecule has 0 saturated heterocycles. The molecule has 2 unspecified atom stereocenters. The summed E-state index contributed by atoms with van der Waals surface area (Å²) in [5, 5.41) is 2.70. The van der Waals surface area contributed by atoms with Gasteiger partial charge in [-0.3, -0.25) is 4.79 Å². The molecule has 0 bridgehead atoms. The van der Waals surface area contributed by atoms with Crippen LogP contribution in [0.3, 0.4) is 0 Å². The Hall–Kier alpha value is -2.11. The van der Waals surface area contributed by atoms with Crippen LogP contribution < -0.4 is 11.1 Å². The van der Waals surface area contributed by atoms with Crippen molar-refractivity contribution in [3.05, 3.63) is 29.1 Å². The van der Waals surface area contributed by atoms with Crippen molar-refractivity contribution in [1.82, 2.24) is 5.32 Å². The SMILES string of the molecule is CCC(C)NC(=O)C(C)OC(=O)c1cc(N)c(C)c(F)c1. The van der Waals surface area contributed by atoms with E-state index in [4.69, 9.17) is 10.5 Å². The minimum atomic E-state index is -0.961. The number of carbonyl (C=O) groups excluding carboxylic acids is 2. The molecule has 0 aliphatic heterocycles. The average molecular weight is 296 g/mol. The predicted octanol–water partition coefficient (Wildman–Crippen LogP) is 2.18. The minimum Gasteiger partial charge on any atom is -0.449 e. The first-order chi connectivity index (χ1) is 9.76. The van der Waals surface area contributed by atoms with Gasteiger partial charge >= 0.3 is 5.97 Å². The Kier molecular flexibility index (Phi) is 5.69. The van der Waals surface area contributed by atoms with Gasteiger partial charge in [0.2, 0.25) is 0 Å². The van der Waals surface area contributed by atoms with E-state index < -0.39 is 23.8 Å². The minimum absolute atomic E-state index is 0.00823. The van der Waals surface area contributed by atoms with E-state index in [1.54, 1.807) is 0 Å². The van der Waals surface area contributed by atoms with Crippen LogP contribution >= 0.6 is 0 Å². The summed E-state index contributed by atoms with van der Waals surface area (Å²) in [5.41, 5.74) is 6.03. The van der Waals surface area contributed by atoms with E-state index in [1.165, 1.54) is 19.9 Å². The molecule has 21 heavy (non-hydrogen) atoms. The number of amides is 1. The van der Waals surface area contributed by atoms with Gasteiger partial charge in [-0.2, -0.15) is 0 Å². The molecular weight excluding hydrogens is 275 g/mol. The summed E-state index contributed by atoms with van der Waals surface area (Å²) in [6.45, 7) is 6.76. The molecule has 3 N–H and O–H groups in total. The van der Waals surface area contributed by atoms with Crippen LogP contribution in [-0.4, -0.2) is 24.0 Å². The van der Waals surface area contributed by atoms with E-state index in [0.29, 0.717) is 0 Å². The molecule has 5 nitrogen and oxygen atoms in total. The van der Waals surface area contributed by atoms with Crippen LogP contribution in [0.5, 0.6) is 0 Å². The molecule has 0 aliphatic carbocycles. The first-order valence-electron chi connectivity index (χ1n) is 6.83. The Morgan fingerprint density at radius 2 is 2.00 bits per heavy atom. The van der Waals surface area contributed by atoms with Crippen LogP contribution in [0.2, 0.25) is 0 Å². The Morgan fingerprint density at radius 3 is 2.52 bits per heavy atom. The number of nitrogens with one attached hydrogen (secondary N) is 1. The van der Waals surface area contributed by atoms with Gasteiger partial charge in [0.05, 0.1) is 5.56 Å². The first-order valence-corrected chi connectivity index (χ1v) is 6.83. The molecule has 0 aromatic heterocycles. The molecule has 2 atom stereocenters. The lowest BCUT2D eigenvalue weighted by Gasteiger charge is -2.17. The Bertz CT molecular complexity index is 523. The number of anilines is 1. The number of nitrogen functional groups attached to an aromatic ring is 1. The molecular formula is C15H21FN2O3. The predicted molar refractivity (Wildman–Crippen MR) is 78.3 cm³/mol. The third-order valence-corrected chi connectivity index (χ3v) is 3.27. The van der Waals surface area contributed by atoms with E-state index in [2.05, 4.69) is 5.32 Å². The lowest BCUT2D eigenvalue weighted by atomic mass is 10.1. The number of esters is 1. The van der Waals surface area contributed by atoms with Crippen LogP contribution in [0, 0.1) is 12.7 Å². The molecule has 116 valence electrons.